The third-order valence-corrected chi connectivity index (χ3v) is 6.88. The predicted molar refractivity (Wildman–Crippen MR) is 175 cm³/mol. The third-order valence-electron chi connectivity index (χ3n) is 6.88. The van der Waals surface area contributed by atoms with Gasteiger partial charge in [0.1, 0.15) is 36.1 Å². The maximum atomic E-state index is 12.7. The monoisotopic (exact) mass is 603 g/mol. The number of carbonyl (C=O) groups excluding carboxylic acids is 1. The molecule has 1 heterocycles. The Labute approximate surface area is 264 Å². The summed E-state index contributed by atoms with van der Waals surface area (Å²) in [6.07, 6.45) is 3.09. The number of aromatic nitrogens is 1. The van der Waals surface area contributed by atoms with E-state index in [2.05, 4.69) is 5.16 Å². The highest BCUT2D eigenvalue weighted by molar-refractivity contribution is 5.90. The van der Waals surface area contributed by atoms with Crippen LogP contribution in [0.4, 0.5) is 0 Å². The van der Waals surface area contributed by atoms with E-state index < -0.39 is 11.6 Å². The molecule has 1 aromatic heterocycles. The summed E-state index contributed by atoms with van der Waals surface area (Å²) in [5.74, 6) is 1.89. The summed E-state index contributed by atoms with van der Waals surface area (Å²) in [6, 6.07) is 31.3. The van der Waals surface area contributed by atoms with Crippen LogP contribution in [-0.4, -0.2) is 23.8 Å². The van der Waals surface area contributed by atoms with E-state index in [1.165, 1.54) is 6.08 Å². The minimum absolute atomic E-state index is 0.323. The lowest BCUT2D eigenvalue weighted by Crippen LogP contribution is -2.22. The van der Waals surface area contributed by atoms with Crippen molar-refractivity contribution in [3.8, 4) is 39.7 Å². The van der Waals surface area contributed by atoms with Gasteiger partial charge in [0.05, 0.1) is 23.9 Å². The van der Waals surface area contributed by atoms with E-state index >= 15 is 0 Å². The van der Waals surface area contributed by atoms with Gasteiger partial charge in [-0.1, -0.05) is 78.0 Å². The SMILES string of the molecule is COc1ccc(-c2c(C)noc2-c2cc(/C=C/C(=O)OC(C)(C)C)c(OCc3ccccc3)cc2OCc2ccccc2)cc1. The molecule has 0 saturated carbocycles. The summed E-state index contributed by atoms with van der Waals surface area (Å²) in [4.78, 5) is 12.7. The van der Waals surface area contributed by atoms with E-state index in [9.17, 15) is 4.79 Å². The molecule has 5 aromatic rings. The van der Waals surface area contributed by atoms with Gasteiger partial charge in [-0.15, -0.1) is 0 Å². The Balaban J connectivity index is 1.62. The molecule has 5 rings (SSSR count). The van der Waals surface area contributed by atoms with Crippen molar-refractivity contribution in [2.75, 3.05) is 7.11 Å². The second kappa shape index (κ2) is 14.0. The van der Waals surface area contributed by atoms with Crippen molar-refractivity contribution < 1.29 is 28.3 Å². The Bertz CT molecular complexity index is 1750. The average Bonchev–Trinajstić information content (AvgIpc) is 3.43. The number of hydrogen-bond acceptors (Lipinski definition) is 7. The van der Waals surface area contributed by atoms with Crippen LogP contribution in [0.15, 0.2) is 108 Å². The Kier molecular flexibility index (Phi) is 9.68. The van der Waals surface area contributed by atoms with Crippen LogP contribution in [0.2, 0.25) is 0 Å². The zero-order valence-electron chi connectivity index (χ0n) is 26.2. The fraction of sp³-hybridized carbons (Fsp3) is 0.211. The molecular weight excluding hydrogens is 566 g/mol. The lowest BCUT2D eigenvalue weighted by atomic mass is 9.97. The minimum Gasteiger partial charge on any atom is -0.497 e. The molecular formula is C38H37NO6. The summed E-state index contributed by atoms with van der Waals surface area (Å²) in [5.41, 5.74) is 5.15. The number of benzene rings is 4. The number of hydrogen-bond donors (Lipinski definition) is 0. The van der Waals surface area contributed by atoms with Gasteiger partial charge in [-0.3, -0.25) is 0 Å². The molecule has 0 spiro atoms. The minimum atomic E-state index is -0.626. The summed E-state index contributed by atoms with van der Waals surface area (Å²) < 4.78 is 29.7. The maximum absolute atomic E-state index is 12.7. The largest absolute Gasteiger partial charge is 0.497 e. The molecule has 0 bridgehead atoms. The fourth-order valence-corrected chi connectivity index (χ4v) is 4.75. The molecule has 0 atom stereocenters. The van der Waals surface area contributed by atoms with Gasteiger partial charge in [-0.25, -0.2) is 4.79 Å². The first kappa shape index (κ1) is 31.1. The zero-order chi connectivity index (χ0) is 31.8. The van der Waals surface area contributed by atoms with E-state index in [0.29, 0.717) is 41.6 Å². The summed E-state index contributed by atoms with van der Waals surface area (Å²) >= 11 is 0. The highest BCUT2D eigenvalue weighted by Gasteiger charge is 2.23. The second-order valence-electron chi connectivity index (χ2n) is 11.5. The van der Waals surface area contributed by atoms with Crippen LogP contribution in [0.5, 0.6) is 17.2 Å². The average molecular weight is 604 g/mol. The first-order valence-corrected chi connectivity index (χ1v) is 14.7. The molecule has 0 aliphatic heterocycles. The van der Waals surface area contributed by atoms with Gasteiger partial charge in [0.25, 0.3) is 0 Å². The molecule has 0 unspecified atom stereocenters. The van der Waals surface area contributed by atoms with Crippen molar-refractivity contribution in [1.82, 2.24) is 5.16 Å². The quantitative estimate of drug-likeness (QED) is 0.110. The molecule has 7 nitrogen and oxygen atoms in total. The van der Waals surface area contributed by atoms with Crippen LogP contribution in [0.25, 0.3) is 28.5 Å². The molecule has 230 valence electrons. The fourth-order valence-electron chi connectivity index (χ4n) is 4.75. The van der Waals surface area contributed by atoms with Gasteiger partial charge in [0, 0.05) is 17.7 Å². The number of carbonyl (C=O) groups is 1. The van der Waals surface area contributed by atoms with Crippen molar-refractivity contribution in [3.63, 3.8) is 0 Å². The van der Waals surface area contributed by atoms with Crippen LogP contribution < -0.4 is 14.2 Å². The topological polar surface area (TPSA) is 80.0 Å². The predicted octanol–water partition coefficient (Wildman–Crippen LogP) is 8.84. The molecule has 45 heavy (non-hydrogen) atoms. The van der Waals surface area contributed by atoms with Gasteiger partial charge in [0.2, 0.25) is 0 Å². The van der Waals surface area contributed by atoms with Gasteiger partial charge >= 0.3 is 5.97 Å². The molecule has 0 radical (unpaired) electrons. The molecule has 0 amide bonds. The summed E-state index contributed by atoms with van der Waals surface area (Å²) in [6.45, 7) is 8.04. The number of ether oxygens (including phenoxy) is 4. The van der Waals surface area contributed by atoms with Crippen molar-refractivity contribution >= 4 is 12.0 Å². The van der Waals surface area contributed by atoms with Gasteiger partial charge in [-0.05, 0) is 68.7 Å². The summed E-state index contributed by atoms with van der Waals surface area (Å²) in [7, 11) is 1.63. The molecule has 7 heteroatoms. The van der Waals surface area contributed by atoms with Crippen molar-refractivity contribution in [1.29, 1.82) is 0 Å². The Hall–Kier alpha value is -5.30. The molecule has 0 N–H and O–H groups in total. The normalized spacial score (nSPS) is 11.4. The van der Waals surface area contributed by atoms with Crippen LogP contribution in [-0.2, 0) is 22.7 Å². The molecule has 0 aliphatic carbocycles. The number of nitrogens with zero attached hydrogens (tertiary/aromatic N) is 1. The van der Waals surface area contributed by atoms with Crippen LogP contribution >= 0.6 is 0 Å². The lowest BCUT2D eigenvalue weighted by Gasteiger charge is -2.18. The first-order chi connectivity index (χ1) is 21.7. The maximum Gasteiger partial charge on any atom is 0.331 e. The van der Waals surface area contributed by atoms with Crippen LogP contribution in [0, 0.1) is 6.92 Å². The molecule has 4 aromatic carbocycles. The summed E-state index contributed by atoms with van der Waals surface area (Å²) in [5, 5.41) is 4.33. The number of methoxy groups -OCH3 is 1. The standard InChI is InChI=1S/C38H37NO6/c1-26-36(29-16-19-31(41-5)20-17-29)37(45-39-26)32-22-30(18-21-35(40)44-38(2,3)4)33(42-24-27-12-8-6-9-13-27)23-34(32)43-25-28-14-10-7-11-15-28/h6-23H,24-25H2,1-5H3/b21-18+. The van der Waals surface area contributed by atoms with Crippen molar-refractivity contribution in [2.24, 2.45) is 0 Å². The molecule has 0 saturated heterocycles. The number of rotatable bonds is 11. The lowest BCUT2D eigenvalue weighted by molar-refractivity contribution is -0.148. The van der Waals surface area contributed by atoms with Crippen molar-refractivity contribution in [2.45, 2.75) is 46.5 Å². The van der Waals surface area contributed by atoms with E-state index in [1.807, 2.05) is 125 Å². The zero-order valence-corrected chi connectivity index (χ0v) is 26.2. The third kappa shape index (κ3) is 8.21. The van der Waals surface area contributed by atoms with Gasteiger partial charge < -0.3 is 23.5 Å². The second-order valence-corrected chi connectivity index (χ2v) is 11.5. The highest BCUT2D eigenvalue weighted by Crippen LogP contribution is 2.43. The Morgan fingerprint density at radius 1 is 0.822 bits per heavy atom. The van der Waals surface area contributed by atoms with E-state index in [4.69, 9.17) is 23.5 Å². The molecule has 0 aliphatic rings. The Morgan fingerprint density at radius 2 is 1.42 bits per heavy atom. The van der Waals surface area contributed by atoms with Crippen LogP contribution in [0.1, 0.15) is 43.2 Å². The van der Waals surface area contributed by atoms with Gasteiger partial charge in [-0.2, -0.15) is 0 Å². The van der Waals surface area contributed by atoms with E-state index in [0.717, 1.165) is 33.7 Å². The molecule has 0 fully saturated rings. The number of esters is 1. The number of aryl methyl sites for hydroxylation is 1. The van der Waals surface area contributed by atoms with E-state index in [-0.39, 0.29) is 0 Å². The van der Waals surface area contributed by atoms with Crippen LogP contribution in [0.3, 0.4) is 0 Å². The van der Waals surface area contributed by atoms with E-state index in [1.54, 1.807) is 13.2 Å². The first-order valence-electron chi connectivity index (χ1n) is 14.7. The van der Waals surface area contributed by atoms with Crippen molar-refractivity contribution in [3.05, 3.63) is 126 Å². The highest BCUT2D eigenvalue weighted by atomic mass is 16.6. The Morgan fingerprint density at radius 3 is 2.00 bits per heavy atom. The smallest absolute Gasteiger partial charge is 0.331 e. The van der Waals surface area contributed by atoms with Gasteiger partial charge in [0.15, 0.2) is 5.76 Å².